The lowest BCUT2D eigenvalue weighted by Gasteiger charge is -2.21. The van der Waals surface area contributed by atoms with Crippen molar-refractivity contribution in [3.05, 3.63) is 0 Å². The normalized spacial score (nSPS) is 20.6. The molecule has 15 heavy (non-hydrogen) atoms. The molecular weight excluding hydrogens is 192 g/mol. The van der Waals surface area contributed by atoms with Crippen molar-refractivity contribution in [2.24, 2.45) is 0 Å². The van der Waals surface area contributed by atoms with Gasteiger partial charge < -0.3 is 20.4 Å². The second-order valence-corrected chi connectivity index (χ2v) is 4.65. The van der Waals surface area contributed by atoms with Crippen LogP contribution in [0.5, 0.6) is 0 Å². The number of hydrogen-bond acceptors (Lipinski definition) is 4. The molecule has 0 heterocycles. The highest BCUT2D eigenvalue weighted by molar-refractivity contribution is 4.83. The van der Waals surface area contributed by atoms with Crippen molar-refractivity contribution in [3.63, 3.8) is 0 Å². The molecule has 1 unspecified atom stereocenters. The Kier molecular flexibility index (Phi) is 5.53. The van der Waals surface area contributed by atoms with Crippen molar-refractivity contribution in [2.75, 3.05) is 26.7 Å². The van der Waals surface area contributed by atoms with E-state index in [1.807, 2.05) is 6.92 Å². The molecule has 1 aliphatic carbocycles. The molecule has 0 aromatic rings. The first-order chi connectivity index (χ1) is 7.13. The van der Waals surface area contributed by atoms with Gasteiger partial charge >= 0.3 is 0 Å². The summed E-state index contributed by atoms with van der Waals surface area (Å²) in [5, 5.41) is 21.7. The maximum absolute atomic E-state index is 9.75. The van der Waals surface area contributed by atoms with E-state index in [9.17, 15) is 5.11 Å². The fourth-order valence-corrected chi connectivity index (χ4v) is 1.69. The minimum Gasteiger partial charge on any atom is -0.396 e. The van der Waals surface area contributed by atoms with Crippen molar-refractivity contribution in [3.8, 4) is 0 Å². The van der Waals surface area contributed by atoms with Crippen LogP contribution in [0.25, 0.3) is 0 Å². The van der Waals surface area contributed by atoms with Gasteiger partial charge in [-0.25, -0.2) is 0 Å². The molecule has 0 spiro atoms. The van der Waals surface area contributed by atoms with Crippen LogP contribution in [0.2, 0.25) is 0 Å². The standard InChI is InChI=1S/C11H24N2O2/c1-9(5-6-14)12-7-11(15)8-13(2)10-3-4-10/h9-12,14-15H,3-8H2,1-2H3/t9-,11?/m1/s1. The summed E-state index contributed by atoms with van der Waals surface area (Å²) in [6.45, 7) is 3.57. The first-order valence-corrected chi connectivity index (χ1v) is 5.86. The van der Waals surface area contributed by atoms with Gasteiger partial charge in [-0.05, 0) is 33.2 Å². The number of nitrogens with zero attached hydrogens (tertiary/aromatic N) is 1. The average molecular weight is 216 g/mol. The van der Waals surface area contributed by atoms with Gasteiger partial charge in [0.2, 0.25) is 0 Å². The van der Waals surface area contributed by atoms with E-state index in [2.05, 4.69) is 17.3 Å². The predicted molar refractivity (Wildman–Crippen MR) is 60.8 cm³/mol. The lowest BCUT2D eigenvalue weighted by atomic mass is 10.2. The third kappa shape index (κ3) is 5.47. The van der Waals surface area contributed by atoms with Crippen LogP contribution in [-0.2, 0) is 0 Å². The van der Waals surface area contributed by atoms with Crippen molar-refractivity contribution in [2.45, 2.75) is 44.4 Å². The van der Waals surface area contributed by atoms with Crippen molar-refractivity contribution >= 4 is 0 Å². The lowest BCUT2D eigenvalue weighted by Crippen LogP contribution is -2.40. The van der Waals surface area contributed by atoms with Crippen LogP contribution < -0.4 is 5.32 Å². The van der Waals surface area contributed by atoms with E-state index in [1.54, 1.807) is 0 Å². The third-order valence-electron chi connectivity index (χ3n) is 2.93. The van der Waals surface area contributed by atoms with Gasteiger partial charge in [0.15, 0.2) is 0 Å². The maximum Gasteiger partial charge on any atom is 0.0791 e. The molecule has 0 aromatic heterocycles. The van der Waals surface area contributed by atoms with Gasteiger partial charge in [-0.15, -0.1) is 0 Å². The van der Waals surface area contributed by atoms with E-state index in [1.165, 1.54) is 12.8 Å². The molecule has 2 atom stereocenters. The SMILES string of the molecule is C[C@H](CCO)NCC(O)CN(C)C1CC1. The Labute approximate surface area is 92.3 Å². The Morgan fingerprint density at radius 2 is 2.13 bits per heavy atom. The minimum atomic E-state index is -0.309. The quantitative estimate of drug-likeness (QED) is 0.526. The van der Waals surface area contributed by atoms with Gasteiger partial charge in [-0.2, -0.15) is 0 Å². The maximum atomic E-state index is 9.75. The monoisotopic (exact) mass is 216 g/mol. The van der Waals surface area contributed by atoms with Crippen molar-refractivity contribution in [1.29, 1.82) is 0 Å². The second-order valence-electron chi connectivity index (χ2n) is 4.65. The molecule has 1 saturated carbocycles. The largest absolute Gasteiger partial charge is 0.396 e. The van der Waals surface area contributed by atoms with Crippen LogP contribution in [0.4, 0.5) is 0 Å². The fourth-order valence-electron chi connectivity index (χ4n) is 1.69. The topological polar surface area (TPSA) is 55.7 Å². The molecule has 90 valence electrons. The van der Waals surface area contributed by atoms with Gasteiger partial charge in [-0.1, -0.05) is 0 Å². The second kappa shape index (κ2) is 6.43. The highest BCUT2D eigenvalue weighted by atomic mass is 16.3. The minimum absolute atomic E-state index is 0.201. The van der Waals surface area contributed by atoms with Gasteiger partial charge in [0.1, 0.15) is 0 Å². The summed E-state index contributed by atoms with van der Waals surface area (Å²) in [7, 11) is 2.07. The average Bonchev–Trinajstić information content (AvgIpc) is 2.98. The summed E-state index contributed by atoms with van der Waals surface area (Å²) in [5.74, 6) is 0. The van der Waals surface area contributed by atoms with Gasteiger partial charge in [0.25, 0.3) is 0 Å². The van der Waals surface area contributed by atoms with E-state index in [0.29, 0.717) is 12.6 Å². The van der Waals surface area contributed by atoms with Gasteiger partial charge in [0.05, 0.1) is 6.10 Å². The highest BCUT2D eigenvalue weighted by Crippen LogP contribution is 2.25. The van der Waals surface area contributed by atoms with Crippen molar-refractivity contribution < 1.29 is 10.2 Å². The molecular formula is C11H24N2O2. The molecule has 1 rings (SSSR count). The molecule has 4 nitrogen and oxygen atoms in total. The third-order valence-corrected chi connectivity index (χ3v) is 2.93. The number of aliphatic hydroxyl groups excluding tert-OH is 2. The molecule has 4 heteroatoms. The predicted octanol–water partition coefficient (Wildman–Crippen LogP) is -0.198. The van der Waals surface area contributed by atoms with E-state index in [-0.39, 0.29) is 18.8 Å². The van der Waals surface area contributed by atoms with Gasteiger partial charge in [0, 0.05) is 31.8 Å². The molecule has 1 fully saturated rings. The summed E-state index contributed by atoms with van der Waals surface area (Å²) in [6.07, 6.45) is 2.98. The zero-order chi connectivity index (χ0) is 11.3. The van der Waals surface area contributed by atoms with Gasteiger partial charge in [-0.3, -0.25) is 0 Å². The Hall–Kier alpha value is -0.160. The summed E-state index contributed by atoms with van der Waals surface area (Å²) in [6, 6.07) is 0.977. The fraction of sp³-hybridized carbons (Fsp3) is 1.00. The van der Waals surface area contributed by atoms with Crippen molar-refractivity contribution in [1.82, 2.24) is 10.2 Å². The van der Waals surface area contributed by atoms with Crippen LogP contribution >= 0.6 is 0 Å². The van der Waals surface area contributed by atoms with E-state index >= 15 is 0 Å². The van der Waals surface area contributed by atoms with E-state index in [4.69, 9.17) is 5.11 Å². The first-order valence-electron chi connectivity index (χ1n) is 5.86. The smallest absolute Gasteiger partial charge is 0.0791 e. The molecule has 3 N–H and O–H groups in total. The Morgan fingerprint density at radius 1 is 1.47 bits per heavy atom. The summed E-state index contributed by atoms with van der Waals surface area (Å²) >= 11 is 0. The van der Waals surface area contributed by atoms with Crippen LogP contribution in [0.3, 0.4) is 0 Å². The Morgan fingerprint density at radius 3 is 2.67 bits per heavy atom. The summed E-state index contributed by atoms with van der Waals surface area (Å²) in [5.41, 5.74) is 0. The Balaban J connectivity index is 2.04. The van der Waals surface area contributed by atoms with Crippen LogP contribution in [0.1, 0.15) is 26.2 Å². The Bertz CT molecular complexity index is 174. The van der Waals surface area contributed by atoms with E-state index in [0.717, 1.165) is 13.0 Å². The van der Waals surface area contributed by atoms with Crippen LogP contribution in [0.15, 0.2) is 0 Å². The molecule has 1 aliphatic rings. The lowest BCUT2D eigenvalue weighted by molar-refractivity contribution is 0.117. The molecule has 0 amide bonds. The van der Waals surface area contributed by atoms with Crippen LogP contribution in [-0.4, -0.2) is 60.0 Å². The zero-order valence-electron chi connectivity index (χ0n) is 9.82. The highest BCUT2D eigenvalue weighted by Gasteiger charge is 2.27. The summed E-state index contributed by atoms with van der Waals surface area (Å²) < 4.78 is 0. The molecule has 0 saturated heterocycles. The molecule has 0 bridgehead atoms. The first kappa shape index (κ1) is 12.9. The molecule has 0 aromatic carbocycles. The van der Waals surface area contributed by atoms with E-state index < -0.39 is 0 Å². The number of hydrogen-bond donors (Lipinski definition) is 3. The number of likely N-dealkylation sites (N-methyl/N-ethyl adjacent to an activating group) is 1. The van der Waals surface area contributed by atoms with Crippen LogP contribution in [0, 0.1) is 0 Å². The number of aliphatic hydroxyl groups is 2. The number of nitrogens with one attached hydrogen (secondary N) is 1. The summed E-state index contributed by atoms with van der Waals surface area (Å²) in [4.78, 5) is 2.23. The molecule has 0 aliphatic heterocycles. The zero-order valence-corrected chi connectivity index (χ0v) is 9.82. The molecule has 0 radical (unpaired) electrons. The number of rotatable bonds is 8.